The zero-order valence-corrected chi connectivity index (χ0v) is 15.1. The number of para-hydroxylation sites is 1. The van der Waals surface area contributed by atoms with E-state index in [-0.39, 0.29) is 11.9 Å². The Morgan fingerprint density at radius 3 is 2.50 bits per heavy atom. The molecule has 1 aliphatic heterocycles. The molecule has 2 rings (SSSR count). The largest absolute Gasteiger partial charge is 0.480 e. The van der Waals surface area contributed by atoms with Crippen LogP contribution in [0.1, 0.15) is 33.6 Å². The van der Waals surface area contributed by atoms with Crippen LogP contribution in [0, 0.1) is 0 Å². The number of nitrogens with zero attached hydrogens (tertiary/aromatic N) is 1. The molecule has 122 valence electrons. The van der Waals surface area contributed by atoms with Crippen molar-refractivity contribution in [1.82, 2.24) is 10.2 Å². The van der Waals surface area contributed by atoms with E-state index >= 15 is 0 Å². The molecule has 0 radical (unpaired) electrons. The average Bonchev–Trinajstić information content (AvgIpc) is 2.50. The first kappa shape index (κ1) is 17.3. The van der Waals surface area contributed by atoms with Gasteiger partial charge in [-0.05, 0) is 61.7 Å². The van der Waals surface area contributed by atoms with Crippen molar-refractivity contribution in [1.29, 1.82) is 0 Å². The van der Waals surface area contributed by atoms with Gasteiger partial charge in [-0.15, -0.1) is 0 Å². The Morgan fingerprint density at radius 2 is 1.91 bits per heavy atom. The summed E-state index contributed by atoms with van der Waals surface area (Å²) in [6.45, 7) is 8.31. The SMILES string of the molecule is CC(C)N1CCC(NC(=O)[C@@H](C)Oc2ccccc2Br)CC1. The van der Waals surface area contributed by atoms with E-state index in [2.05, 4.69) is 40.0 Å². The van der Waals surface area contributed by atoms with Crippen LogP contribution >= 0.6 is 15.9 Å². The van der Waals surface area contributed by atoms with Gasteiger partial charge in [0.1, 0.15) is 5.75 Å². The Labute approximate surface area is 141 Å². The van der Waals surface area contributed by atoms with Gasteiger partial charge in [0.15, 0.2) is 6.10 Å². The van der Waals surface area contributed by atoms with Gasteiger partial charge in [-0.2, -0.15) is 0 Å². The minimum Gasteiger partial charge on any atom is -0.480 e. The molecule has 4 nitrogen and oxygen atoms in total. The van der Waals surface area contributed by atoms with Gasteiger partial charge in [0.05, 0.1) is 4.47 Å². The van der Waals surface area contributed by atoms with Crippen LogP contribution in [-0.2, 0) is 4.79 Å². The topological polar surface area (TPSA) is 41.6 Å². The molecule has 0 saturated carbocycles. The predicted molar refractivity (Wildman–Crippen MR) is 92.1 cm³/mol. The van der Waals surface area contributed by atoms with Gasteiger partial charge in [0.2, 0.25) is 0 Å². The highest BCUT2D eigenvalue weighted by molar-refractivity contribution is 9.10. The van der Waals surface area contributed by atoms with Crippen molar-refractivity contribution in [2.24, 2.45) is 0 Å². The molecule has 1 aromatic rings. The lowest BCUT2D eigenvalue weighted by Crippen LogP contribution is -2.49. The first-order chi connectivity index (χ1) is 10.5. The van der Waals surface area contributed by atoms with Crippen molar-refractivity contribution in [2.45, 2.75) is 51.8 Å². The molecular weight excluding hydrogens is 344 g/mol. The quantitative estimate of drug-likeness (QED) is 0.867. The number of amides is 1. The van der Waals surface area contributed by atoms with Gasteiger partial charge in [-0.25, -0.2) is 0 Å². The van der Waals surface area contributed by atoms with Gasteiger partial charge >= 0.3 is 0 Å². The molecule has 1 heterocycles. The van der Waals surface area contributed by atoms with E-state index in [0.717, 1.165) is 30.4 Å². The molecule has 0 aliphatic carbocycles. The first-order valence-corrected chi connectivity index (χ1v) is 8.72. The third-order valence-electron chi connectivity index (χ3n) is 4.12. The van der Waals surface area contributed by atoms with Crippen molar-refractivity contribution >= 4 is 21.8 Å². The van der Waals surface area contributed by atoms with Crippen LogP contribution in [0.25, 0.3) is 0 Å². The van der Waals surface area contributed by atoms with E-state index in [1.165, 1.54) is 0 Å². The zero-order chi connectivity index (χ0) is 16.1. The summed E-state index contributed by atoms with van der Waals surface area (Å²) in [5.74, 6) is 0.651. The molecule has 1 atom stereocenters. The van der Waals surface area contributed by atoms with Gasteiger partial charge in [-0.3, -0.25) is 4.79 Å². The minimum atomic E-state index is -0.498. The van der Waals surface area contributed by atoms with Crippen molar-refractivity contribution in [3.8, 4) is 5.75 Å². The summed E-state index contributed by atoms with van der Waals surface area (Å²) in [5.41, 5.74) is 0. The summed E-state index contributed by atoms with van der Waals surface area (Å²) in [6, 6.07) is 8.41. The predicted octanol–water partition coefficient (Wildman–Crippen LogP) is 3.21. The Kier molecular flexibility index (Phi) is 6.26. The molecule has 1 aromatic carbocycles. The Bertz CT molecular complexity index is 499. The summed E-state index contributed by atoms with van der Waals surface area (Å²) < 4.78 is 6.60. The summed E-state index contributed by atoms with van der Waals surface area (Å²) in [7, 11) is 0. The molecule has 0 spiro atoms. The molecule has 22 heavy (non-hydrogen) atoms. The van der Waals surface area contributed by atoms with Crippen LogP contribution < -0.4 is 10.1 Å². The lowest BCUT2D eigenvalue weighted by atomic mass is 10.0. The number of hydrogen-bond acceptors (Lipinski definition) is 3. The molecule has 1 amide bonds. The van der Waals surface area contributed by atoms with Crippen LogP contribution in [0.4, 0.5) is 0 Å². The van der Waals surface area contributed by atoms with E-state index in [4.69, 9.17) is 4.74 Å². The van der Waals surface area contributed by atoms with Crippen molar-refractivity contribution in [2.75, 3.05) is 13.1 Å². The second kappa shape index (κ2) is 7.97. The molecule has 5 heteroatoms. The third kappa shape index (κ3) is 4.71. The molecule has 0 aromatic heterocycles. The van der Waals surface area contributed by atoms with Crippen LogP contribution in [0.3, 0.4) is 0 Å². The van der Waals surface area contributed by atoms with E-state index in [1.807, 2.05) is 24.3 Å². The second-order valence-electron chi connectivity index (χ2n) is 6.10. The van der Waals surface area contributed by atoms with Gasteiger partial charge in [-0.1, -0.05) is 12.1 Å². The van der Waals surface area contributed by atoms with E-state index in [9.17, 15) is 4.79 Å². The maximum Gasteiger partial charge on any atom is 0.260 e. The number of nitrogens with one attached hydrogen (secondary N) is 1. The minimum absolute atomic E-state index is 0.0428. The highest BCUT2D eigenvalue weighted by Crippen LogP contribution is 2.25. The number of hydrogen-bond donors (Lipinski definition) is 1. The van der Waals surface area contributed by atoms with Gasteiger partial charge < -0.3 is 15.0 Å². The number of ether oxygens (including phenoxy) is 1. The number of halogens is 1. The van der Waals surface area contributed by atoms with Crippen molar-refractivity contribution < 1.29 is 9.53 Å². The lowest BCUT2D eigenvalue weighted by Gasteiger charge is -2.35. The molecule has 0 unspecified atom stereocenters. The Hall–Kier alpha value is -1.07. The van der Waals surface area contributed by atoms with Crippen LogP contribution in [-0.4, -0.2) is 42.1 Å². The maximum atomic E-state index is 12.3. The first-order valence-electron chi connectivity index (χ1n) is 7.93. The number of carbonyl (C=O) groups excluding carboxylic acids is 1. The summed E-state index contributed by atoms with van der Waals surface area (Å²) in [5, 5.41) is 3.11. The van der Waals surface area contributed by atoms with Gasteiger partial charge in [0, 0.05) is 25.2 Å². The second-order valence-corrected chi connectivity index (χ2v) is 6.96. The van der Waals surface area contributed by atoms with Crippen molar-refractivity contribution in [3.63, 3.8) is 0 Å². The molecule has 1 saturated heterocycles. The fourth-order valence-electron chi connectivity index (χ4n) is 2.66. The average molecular weight is 369 g/mol. The fourth-order valence-corrected chi connectivity index (χ4v) is 3.04. The number of piperidine rings is 1. The third-order valence-corrected chi connectivity index (χ3v) is 4.77. The van der Waals surface area contributed by atoms with Crippen LogP contribution in [0.15, 0.2) is 28.7 Å². The highest BCUT2D eigenvalue weighted by atomic mass is 79.9. The highest BCUT2D eigenvalue weighted by Gasteiger charge is 2.24. The summed E-state index contributed by atoms with van der Waals surface area (Å²) in [4.78, 5) is 14.7. The summed E-state index contributed by atoms with van der Waals surface area (Å²) >= 11 is 3.43. The molecule has 1 aliphatic rings. The number of likely N-dealkylation sites (tertiary alicyclic amines) is 1. The van der Waals surface area contributed by atoms with Crippen molar-refractivity contribution in [3.05, 3.63) is 28.7 Å². The van der Waals surface area contributed by atoms with E-state index in [1.54, 1.807) is 6.92 Å². The number of carbonyl (C=O) groups is 1. The number of benzene rings is 1. The number of rotatable bonds is 5. The molecule has 1 fully saturated rings. The fraction of sp³-hybridized carbons (Fsp3) is 0.588. The maximum absolute atomic E-state index is 12.3. The van der Waals surface area contributed by atoms with Crippen LogP contribution in [0.5, 0.6) is 5.75 Å². The standard InChI is InChI=1S/C17H25BrN2O2/c1-12(2)20-10-8-14(9-11-20)19-17(21)13(3)22-16-7-5-4-6-15(16)18/h4-7,12-14H,8-11H2,1-3H3,(H,19,21)/t13-/m1/s1. The lowest BCUT2D eigenvalue weighted by molar-refractivity contribution is -0.128. The molecule has 1 N–H and O–H groups in total. The molecule has 0 bridgehead atoms. The van der Waals surface area contributed by atoms with E-state index < -0.39 is 6.10 Å². The van der Waals surface area contributed by atoms with Gasteiger partial charge in [0.25, 0.3) is 5.91 Å². The smallest absolute Gasteiger partial charge is 0.260 e. The van der Waals surface area contributed by atoms with Crippen LogP contribution in [0.2, 0.25) is 0 Å². The normalized spacial score (nSPS) is 18.2. The Balaban J connectivity index is 1.81. The Morgan fingerprint density at radius 1 is 1.27 bits per heavy atom. The summed E-state index contributed by atoms with van der Waals surface area (Å²) in [6.07, 6.45) is 1.51. The zero-order valence-electron chi connectivity index (χ0n) is 13.5. The monoisotopic (exact) mass is 368 g/mol. The molecular formula is C17H25BrN2O2. The van der Waals surface area contributed by atoms with E-state index in [0.29, 0.717) is 11.8 Å².